The van der Waals surface area contributed by atoms with Gasteiger partial charge in [-0.3, -0.25) is 0 Å². The molecule has 0 aliphatic rings. The fraction of sp³-hybridized carbons (Fsp3) is 0.600. The van der Waals surface area contributed by atoms with Crippen LogP contribution in [0.4, 0.5) is 0 Å². The number of rotatable bonds is 5. The molecular formula is C10H17NO4S2. The highest BCUT2D eigenvalue weighted by atomic mass is 32.2. The zero-order valence-corrected chi connectivity index (χ0v) is 12.0. The van der Waals surface area contributed by atoms with Crippen molar-refractivity contribution in [1.29, 1.82) is 0 Å². The zero-order valence-electron chi connectivity index (χ0n) is 10.3. The molecule has 0 saturated carbocycles. The van der Waals surface area contributed by atoms with Gasteiger partial charge in [-0.25, -0.2) is 4.79 Å². The topological polar surface area (TPSA) is 59.0 Å². The van der Waals surface area contributed by atoms with Crippen molar-refractivity contribution in [2.45, 2.75) is 13.8 Å². The number of ether oxygens (including phenoxy) is 2. The van der Waals surface area contributed by atoms with Gasteiger partial charge in [0, 0.05) is 13.1 Å². The van der Waals surface area contributed by atoms with E-state index in [2.05, 4.69) is 9.47 Å². The Bertz CT molecular complexity index is 313. The summed E-state index contributed by atoms with van der Waals surface area (Å²) >= 11 is 6.12. The maximum atomic E-state index is 11.4. The van der Waals surface area contributed by atoms with E-state index in [1.54, 1.807) is 0 Å². The lowest BCUT2D eigenvalue weighted by atomic mass is 10.6. The van der Waals surface area contributed by atoms with Gasteiger partial charge in [-0.2, -0.15) is 0 Å². The number of aliphatic hydroxyl groups excluding tert-OH is 1. The van der Waals surface area contributed by atoms with E-state index in [9.17, 15) is 9.90 Å². The van der Waals surface area contributed by atoms with E-state index in [1.807, 2.05) is 18.7 Å². The van der Waals surface area contributed by atoms with Crippen molar-refractivity contribution in [1.82, 2.24) is 4.90 Å². The van der Waals surface area contributed by atoms with E-state index in [4.69, 9.17) is 12.2 Å². The summed E-state index contributed by atoms with van der Waals surface area (Å²) in [7, 11) is 2.49. The monoisotopic (exact) mass is 279 g/mol. The second-order valence-electron chi connectivity index (χ2n) is 2.87. The molecule has 0 aromatic heterocycles. The summed E-state index contributed by atoms with van der Waals surface area (Å²) in [4.78, 5) is 13.3. The van der Waals surface area contributed by atoms with E-state index >= 15 is 0 Å². The molecule has 5 nitrogen and oxygen atoms in total. The predicted octanol–water partition coefficient (Wildman–Crippen LogP) is 1.89. The van der Waals surface area contributed by atoms with Gasteiger partial charge in [0.25, 0.3) is 5.95 Å². The average Bonchev–Trinajstić information content (AvgIpc) is 2.35. The van der Waals surface area contributed by atoms with Gasteiger partial charge >= 0.3 is 5.97 Å². The van der Waals surface area contributed by atoms with Crippen LogP contribution in [0.5, 0.6) is 0 Å². The number of thiocarbonyl (C=S) groups is 1. The summed E-state index contributed by atoms with van der Waals surface area (Å²) in [5.74, 6) is -1.17. The van der Waals surface area contributed by atoms with Gasteiger partial charge in [0.2, 0.25) is 0 Å². The van der Waals surface area contributed by atoms with E-state index in [-0.39, 0.29) is 4.91 Å². The van der Waals surface area contributed by atoms with Crippen molar-refractivity contribution < 1.29 is 19.4 Å². The van der Waals surface area contributed by atoms with Crippen molar-refractivity contribution in [3.8, 4) is 0 Å². The lowest BCUT2D eigenvalue weighted by Gasteiger charge is -2.21. The highest BCUT2D eigenvalue weighted by Gasteiger charge is 2.21. The first-order chi connectivity index (χ1) is 8.01. The van der Waals surface area contributed by atoms with Crippen molar-refractivity contribution in [3.05, 3.63) is 10.9 Å². The summed E-state index contributed by atoms with van der Waals surface area (Å²) in [6.45, 7) is 5.36. The lowest BCUT2D eigenvalue weighted by Crippen LogP contribution is -2.27. The molecule has 0 aromatic rings. The second-order valence-corrected chi connectivity index (χ2v) is 4.51. The normalized spacial score (nSPS) is 11.5. The fourth-order valence-corrected chi connectivity index (χ4v) is 2.40. The molecule has 1 N–H and O–H groups in total. The van der Waals surface area contributed by atoms with Gasteiger partial charge in [-0.1, -0.05) is 12.2 Å². The van der Waals surface area contributed by atoms with Crippen molar-refractivity contribution >= 4 is 34.3 Å². The van der Waals surface area contributed by atoms with Crippen LogP contribution in [0.15, 0.2) is 10.9 Å². The van der Waals surface area contributed by atoms with Crippen molar-refractivity contribution in [2.75, 3.05) is 27.3 Å². The number of esters is 1. The highest BCUT2D eigenvalue weighted by molar-refractivity contribution is 8.26. The summed E-state index contributed by atoms with van der Waals surface area (Å²) in [6.07, 6.45) is 0. The molecule has 17 heavy (non-hydrogen) atoms. The molecule has 98 valence electrons. The third-order valence-corrected chi connectivity index (χ3v) is 3.46. The molecule has 0 aliphatic heterocycles. The molecule has 0 unspecified atom stereocenters. The number of carbonyl (C=O) groups is 1. The first-order valence-corrected chi connectivity index (χ1v) is 6.26. The van der Waals surface area contributed by atoms with Crippen LogP contribution >= 0.6 is 24.0 Å². The number of nitrogens with zero attached hydrogens (tertiary/aromatic N) is 1. The molecule has 0 amide bonds. The van der Waals surface area contributed by atoms with E-state index in [0.29, 0.717) is 4.32 Å². The molecule has 0 bridgehead atoms. The van der Waals surface area contributed by atoms with Gasteiger partial charge in [-0.15, -0.1) is 0 Å². The molecule has 0 aromatic carbocycles. The third-order valence-electron chi connectivity index (χ3n) is 1.97. The van der Waals surface area contributed by atoms with Gasteiger partial charge < -0.3 is 19.5 Å². The number of methoxy groups -OCH3 is 2. The first kappa shape index (κ1) is 16.1. The Morgan fingerprint density at radius 1 is 1.29 bits per heavy atom. The van der Waals surface area contributed by atoms with E-state index in [1.165, 1.54) is 14.2 Å². The van der Waals surface area contributed by atoms with Gasteiger partial charge in [0.05, 0.1) is 14.2 Å². The number of thioether (sulfide) groups is 1. The standard InChI is InChI=1S/C10H17NO4S2/c1-5-11(6-2)10(16)17-7(8(12)14-3)9(13)15-4/h12H,5-6H2,1-4H3/b8-7+. The zero-order chi connectivity index (χ0) is 13.4. The van der Waals surface area contributed by atoms with Crippen LogP contribution in [0.3, 0.4) is 0 Å². The summed E-state index contributed by atoms with van der Waals surface area (Å²) in [5, 5.41) is 9.45. The second kappa shape index (κ2) is 8.19. The largest absolute Gasteiger partial charge is 0.480 e. The molecule has 0 radical (unpaired) electrons. The maximum absolute atomic E-state index is 11.4. The minimum absolute atomic E-state index is 0.0492. The number of hydrogen-bond acceptors (Lipinski definition) is 6. The molecule has 0 spiro atoms. The quantitative estimate of drug-likeness (QED) is 0.357. The van der Waals surface area contributed by atoms with Crippen LogP contribution < -0.4 is 0 Å². The lowest BCUT2D eigenvalue weighted by molar-refractivity contribution is -0.135. The van der Waals surface area contributed by atoms with Crippen LogP contribution in [-0.4, -0.2) is 47.6 Å². The number of hydrogen-bond donors (Lipinski definition) is 1. The minimum atomic E-state index is -0.677. The Morgan fingerprint density at radius 2 is 1.82 bits per heavy atom. The first-order valence-electron chi connectivity index (χ1n) is 5.04. The van der Waals surface area contributed by atoms with Crippen LogP contribution in [-0.2, 0) is 14.3 Å². The molecule has 0 fully saturated rings. The van der Waals surface area contributed by atoms with E-state index in [0.717, 1.165) is 24.9 Å². The van der Waals surface area contributed by atoms with Crippen molar-refractivity contribution in [2.24, 2.45) is 0 Å². The highest BCUT2D eigenvalue weighted by Crippen LogP contribution is 2.24. The number of carbonyl (C=O) groups excluding carboxylic acids is 1. The molecule has 0 atom stereocenters. The molecule has 0 heterocycles. The SMILES string of the molecule is CCN(CC)C(=S)S/C(C(=O)OC)=C(\O)OC. The van der Waals surface area contributed by atoms with Crippen LogP contribution in [0.1, 0.15) is 13.8 Å². The van der Waals surface area contributed by atoms with Crippen LogP contribution in [0.25, 0.3) is 0 Å². The van der Waals surface area contributed by atoms with Gasteiger partial charge in [-0.05, 0) is 25.6 Å². The van der Waals surface area contributed by atoms with Crippen LogP contribution in [0, 0.1) is 0 Å². The molecule has 0 saturated heterocycles. The average molecular weight is 279 g/mol. The molecule has 7 heteroatoms. The Labute approximate surface area is 111 Å². The minimum Gasteiger partial charge on any atom is -0.480 e. The fourth-order valence-electron chi connectivity index (χ4n) is 0.992. The Morgan fingerprint density at radius 3 is 2.18 bits per heavy atom. The summed E-state index contributed by atoms with van der Waals surface area (Å²) < 4.78 is 9.65. The third kappa shape index (κ3) is 4.82. The summed E-state index contributed by atoms with van der Waals surface area (Å²) in [5.41, 5.74) is 0. The smallest absolute Gasteiger partial charge is 0.352 e. The molecular weight excluding hydrogens is 262 g/mol. The summed E-state index contributed by atoms with van der Waals surface area (Å²) in [6, 6.07) is 0. The Balaban J connectivity index is 4.90. The predicted molar refractivity (Wildman–Crippen MR) is 71.8 cm³/mol. The van der Waals surface area contributed by atoms with Gasteiger partial charge in [0.1, 0.15) is 4.32 Å². The Hall–Kier alpha value is -0.950. The maximum Gasteiger partial charge on any atom is 0.352 e. The van der Waals surface area contributed by atoms with Gasteiger partial charge in [0.15, 0.2) is 4.91 Å². The number of aliphatic hydroxyl groups is 1. The Kier molecular flexibility index (Phi) is 7.73. The van der Waals surface area contributed by atoms with Crippen molar-refractivity contribution in [3.63, 3.8) is 0 Å². The van der Waals surface area contributed by atoms with Crippen LogP contribution in [0.2, 0.25) is 0 Å². The van der Waals surface area contributed by atoms with E-state index < -0.39 is 11.9 Å². The molecule has 0 aliphatic carbocycles. The molecule has 0 rings (SSSR count).